The molecule has 0 saturated heterocycles. The number of aromatic nitrogens is 2. The fraction of sp³-hybridized carbons (Fsp3) is 0.107. The molecular formula is C28H23N3O6. The van der Waals surface area contributed by atoms with Crippen LogP contribution in [0, 0.1) is 0 Å². The summed E-state index contributed by atoms with van der Waals surface area (Å²) in [6.45, 7) is -0.285. The zero-order valence-electron chi connectivity index (χ0n) is 19.7. The summed E-state index contributed by atoms with van der Waals surface area (Å²) in [7, 11) is 0. The number of carbonyl (C=O) groups excluding carboxylic acids is 3. The van der Waals surface area contributed by atoms with Crippen LogP contribution in [-0.4, -0.2) is 27.9 Å². The van der Waals surface area contributed by atoms with Crippen molar-refractivity contribution in [2.45, 2.75) is 19.8 Å². The Hall–Kier alpha value is -5.05. The van der Waals surface area contributed by atoms with Crippen LogP contribution in [0.3, 0.4) is 0 Å². The standard InChI is InChI=1S/C28H23N3O6/c29-28-30-23(26(33)36-17-20-12-6-2-7-13-20)22(25(32)35-16-19-10-4-1-5-11-19)24(31-28)27(34)37-18-21-14-8-3-9-15-21/h1-15H,16-18H2,(H2,29,30,31). The van der Waals surface area contributed by atoms with Gasteiger partial charge < -0.3 is 19.9 Å². The number of carbonyl (C=O) groups is 3. The summed E-state index contributed by atoms with van der Waals surface area (Å²) in [6, 6.07) is 26.8. The Labute approximate surface area is 212 Å². The monoisotopic (exact) mass is 497 g/mol. The zero-order valence-corrected chi connectivity index (χ0v) is 19.7. The number of hydrogen-bond acceptors (Lipinski definition) is 9. The molecule has 0 saturated carbocycles. The minimum absolute atomic E-state index is 0.0874. The predicted molar refractivity (Wildman–Crippen MR) is 133 cm³/mol. The van der Waals surface area contributed by atoms with E-state index in [-0.39, 0.29) is 19.8 Å². The minimum atomic E-state index is -0.998. The van der Waals surface area contributed by atoms with Crippen molar-refractivity contribution in [2.75, 3.05) is 5.73 Å². The summed E-state index contributed by atoms with van der Waals surface area (Å²) < 4.78 is 16.1. The Kier molecular flexibility index (Phi) is 8.18. The molecule has 0 aliphatic carbocycles. The molecule has 4 rings (SSSR count). The molecule has 0 radical (unpaired) electrons. The number of nitrogens with zero attached hydrogens (tertiary/aromatic N) is 2. The van der Waals surface area contributed by atoms with Crippen molar-refractivity contribution in [1.82, 2.24) is 9.97 Å². The second kappa shape index (κ2) is 12.1. The molecule has 37 heavy (non-hydrogen) atoms. The SMILES string of the molecule is Nc1nc(C(=O)OCc2ccccc2)c(C(=O)OCc2ccccc2)c(C(=O)OCc2ccccc2)n1. The number of anilines is 1. The third kappa shape index (κ3) is 6.76. The second-order valence-corrected chi connectivity index (χ2v) is 7.84. The first-order valence-electron chi connectivity index (χ1n) is 11.3. The Bertz CT molecular complexity index is 1300. The molecule has 0 fully saturated rings. The lowest BCUT2D eigenvalue weighted by Gasteiger charge is -2.13. The van der Waals surface area contributed by atoms with Crippen LogP contribution in [0.25, 0.3) is 0 Å². The molecule has 1 heterocycles. The maximum absolute atomic E-state index is 13.2. The van der Waals surface area contributed by atoms with E-state index in [1.165, 1.54) is 0 Å². The van der Waals surface area contributed by atoms with Gasteiger partial charge in [-0.05, 0) is 16.7 Å². The van der Waals surface area contributed by atoms with Crippen LogP contribution in [-0.2, 0) is 34.0 Å². The number of benzene rings is 3. The van der Waals surface area contributed by atoms with Crippen molar-refractivity contribution < 1.29 is 28.6 Å². The van der Waals surface area contributed by atoms with Gasteiger partial charge in [-0.15, -0.1) is 0 Å². The van der Waals surface area contributed by atoms with Crippen molar-refractivity contribution in [2.24, 2.45) is 0 Å². The van der Waals surface area contributed by atoms with E-state index in [1.807, 2.05) is 18.2 Å². The van der Waals surface area contributed by atoms with Crippen LogP contribution in [0.5, 0.6) is 0 Å². The van der Waals surface area contributed by atoms with Crippen LogP contribution < -0.4 is 5.73 Å². The largest absolute Gasteiger partial charge is 0.457 e. The highest BCUT2D eigenvalue weighted by Crippen LogP contribution is 2.19. The van der Waals surface area contributed by atoms with Crippen LogP contribution >= 0.6 is 0 Å². The van der Waals surface area contributed by atoms with Gasteiger partial charge in [0.25, 0.3) is 0 Å². The molecule has 9 nitrogen and oxygen atoms in total. The van der Waals surface area contributed by atoms with Gasteiger partial charge in [-0.25, -0.2) is 24.4 Å². The lowest BCUT2D eigenvalue weighted by Crippen LogP contribution is -2.24. The number of nitrogen functional groups attached to an aromatic ring is 1. The first-order valence-corrected chi connectivity index (χ1v) is 11.3. The molecule has 9 heteroatoms. The Morgan fingerprint density at radius 1 is 0.541 bits per heavy atom. The fourth-order valence-corrected chi connectivity index (χ4v) is 3.35. The van der Waals surface area contributed by atoms with Gasteiger partial charge in [0.05, 0.1) is 0 Å². The van der Waals surface area contributed by atoms with Crippen LogP contribution in [0.1, 0.15) is 48.0 Å². The van der Waals surface area contributed by atoms with E-state index in [2.05, 4.69) is 9.97 Å². The molecule has 3 aromatic carbocycles. The number of hydrogen-bond donors (Lipinski definition) is 1. The molecule has 0 spiro atoms. The van der Waals surface area contributed by atoms with Gasteiger partial charge in [-0.3, -0.25) is 0 Å². The minimum Gasteiger partial charge on any atom is -0.457 e. The zero-order chi connectivity index (χ0) is 26.0. The smallest absolute Gasteiger partial charge is 0.358 e. The van der Waals surface area contributed by atoms with Gasteiger partial charge in [0.15, 0.2) is 11.4 Å². The highest BCUT2D eigenvalue weighted by molar-refractivity contribution is 6.08. The number of rotatable bonds is 9. The molecule has 4 aromatic rings. The normalized spacial score (nSPS) is 10.4. The van der Waals surface area contributed by atoms with Crippen molar-refractivity contribution in [3.05, 3.63) is 125 Å². The van der Waals surface area contributed by atoms with Crippen LogP contribution in [0.15, 0.2) is 91.0 Å². The number of esters is 3. The topological polar surface area (TPSA) is 131 Å². The van der Waals surface area contributed by atoms with Crippen molar-refractivity contribution in [3.8, 4) is 0 Å². The number of nitrogens with two attached hydrogens (primary N) is 1. The van der Waals surface area contributed by atoms with E-state index in [4.69, 9.17) is 19.9 Å². The highest BCUT2D eigenvalue weighted by Gasteiger charge is 2.31. The van der Waals surface area contributed by atoms with E-state index in [9.17, 15) is 14.4 Å². The van der Waals surface area contributed by atoms with Gasteiger partial charge in [-0.2, -0.15) is 0 Å². The van der Waals surface area contributed by atoms with Crippen molar-refractivity contribution in [1.29, 1.82) is 0 Å². The van der Waals surface area contributed by atoms with E-state index in [0.29, 0.717) is 16.7 Å². The quantitative estimate of drug-likeness (QED) is 0.268. The highest BCUT2D eigenvalue weighted by atomic mass is 16.5. The van der Waals surface area contributed by atoms with E-state index in [0.717, 1.165) is 0 Å². The first-order chi connectivity index (χ1) is 18.0. The Morgan fingerprint density at radius 2 is 0.865 bits per heavy atom. The van der Waals surface area contributed by atoms with Gasteiger partial charge in [0, 0.05) is 0 Å². The first kappa shape index (κ1) is 25.1. The van der Waals surface area contributed by atoms with Crippen LogP contribution in [0.2, 0.25) is 0 Å². The third-order valence-corrected chi connectivity index (χ3v) is 5.16. The van der Waals surface area contributed by atoms with Gasteiger partial charge in [0.1, 0.15) is 25.4 Å². The molecule has 186 valence electrons. The molecule has 0 unspecified atom stereocenters. The maximum Gasteiger partial charge on any atom is 0.358 e. The molecule has 0 aliphatic rings. The van der Waals surface area contributed by atoms with Gasteiger partial charge in [-0.1, -0.05) is 91.0 Å². The fourth-order valence-electron chi connectivity index (χ4n) is 3.35. The lowest BCUT2D eigenvalue weighted by atomic mass is 10.1. The van der Waals surface area contributed by atoms with Crippen LogP contribution in [0.4, 0.5) is 5.95 Å². The van der Waals surface area contributed by atoms with Crippen molar-refractivity contribution in [3.63, 3.8) is 0 Å². The maximum atomic E-state index is 13.2. The average molecular weight is 498 g/mol. The summed E-state index contributed by atoms with van der Waals surface area (Å²) in [4.78, 5) is 47.0. The molecule has 0 bridgehead atoms. The Morgan fingerprint density at radius 3 is 1.22 bits per heavy atom. The average Bonchev–Trinajstić information content (AvgIpc) is 2.94. The summed E-state index contributed by atoms with van der Waals surface area (Å²) in [6.07, 6.45) is 0. The molecule has 2 N–H and O–H groups in total. The van der Waals surface area contributed by atoms with Gasteiger partial charge >= 0.3 is 17.9 Å². The summed E-state index contributed by atoms with van der Waals surface area (Å²) >= 11 is 0. The van der Waals surface area contributed by atoms with Gasteiger partial charge in [0.2, 0.25) is 5.95 Å². The molecule has 0 aliphatic heterocycles. The molecule has 0 amide bonds. The summed E-state index contributed by atoms with van der Waals surface area (Å²) in [5.74, 6) is -3.34. The predicted octanol–water partition coefficient (Wildman–Crippen LogP) is 4.13. The number of ether oxygens (including phenoxy) is 3. The third-order valence-electron chi connectivity index (χ3n) is 5.16. The van der Waals surface area contributed by atoms with Crippen molar-refractivity contribution >= 4 is 23.9 Å². The molecule has 0 atom stereocenters. The second-order valence-electron chi connectivity index (χ2n) is 7.84. The summed E-state index contributed by atoms with van der Waals surface area (Å²) in [5, 5.41) is 0. The molecular weight excluding hydrogens is 474 g/mol. The van der Waals surface area contributed by atoms with E-state index in [1.54, 1.807) is 72.8 Å². The van der Waals surface area contributed by atoms with E-state index >= 15 is 0 Å². The Balaban J connectivity index is 1.63. The molecule has 1 aromatic heterocycles. The summed E-state index contributed by atoms with van der Waals surface area (Å²) in [5.41, 5.74) is 6.46. The lowest BCUT2D eigenvalue weighted by molar-refractivity contribution is 0.0396. The van der Waals surface area contributed by atoms with E-state index < -0.39 is 40.8 Å².